The number of aromatic nitrogens is 2. The van der Waals surface area contributed by atoms with Gasteiger partial charge < -0.3 is 9.72 Å². The first-order chi connectivity index (χ1) is 7.44. The van der Waals surface area contributed by atoms with Crippen LogP contribution in [0.15, 0.2) is 0 Å². The van der Waals surface area contributed by atoms with Gasteiger partial charge in [0.25, 0.3) is 0 Å². The van der Waals surface area contributed by atoms with Crippen molar-refractivity contribution in [2.75, 3.05) is 7.11 Å². The molecule has 0 saturated carbocycles. The molecule has 0 spiro atoms. The van der Waals surface area contributed by atoms with Gasteiger partial charge in [-0.25, -0.2) is 4.98 Å². The van der Waals surface area contributed by atoms with Crippen molar-refractivity contribution in [3.05, 3.63) is 17.2 Å². The maximum atomic E-state index is 5.46. The fourth-order valence-electron chi connectivity index (χ4n) is 2.19. The summed E-state index contributed by atoms with van der Waals surface area (Å²) in [4.78, 5) is 8.14. The van der Waals surface area contributed by atoms with E-state index in [1.54, 1.807) is 7.11 Å². The molecule has 3 nitrogen and oxygen atoms in total. The van der Waals surface area contributed by atoms with E-state index in [0.717, 1.165) is 30.5 Å². The molecule has 1 N–H and O–H groups in total. The molecule has 2 atom stereocenters. The highest BCUT2D eigenvalue weighted by molar-refractivity contribution is 5.21. The lowest BCUT2D eigenvalue weighted by Crippen LogP contribution is -2.21. The van der Waals surface area contributed by atoms with Crippen molar-refractivity contribution in [2.24, 2.45) is 11.8 Å². The minimum absolute atomic E-state index is 0.316. The molecule has 0 bridgehead atoms. The van der Waals surface area contributed by atoms with Gasteiger partial charge in [-0.05, 0) is 38.5 Å². The number of methoxy groups -OCH3 is 1. The van der Waals surface area contributed by atoms with Gasteiger partial charge >= 0.3 is 0 Å². The lowest BCUT2D eigenvalue weighted by atomic mass is 9.82. The van der Waals surface area contributed by atoms with Gasteiger partial charge in [-0.1, -0.05) is 13.8 Å². The van der Waals surface area contributed by atoms with Crippen molar-refractivity contribution in [3.63, 3.8) is 0 Å². The molecule has 2 unspecified atom stereocenters. The lowest BCUT2D eigenvalue weighted by Gasteiger charge is -2.24. The molecule has 0 saturated heterocycles. The minimum Gasteiger partial charge on any atom is -0.371 e. The predicted octanol–water partition coefficient (Wildman–Crippen LogP) is 2.66. The van der Waals surface area contributed by atoms with E-state index in [2.05, 4.69) is 18.8 Å². The van der Waals surface area contributed by atoms with Gasteiger partial charge in [0.2, 0.25) is 0 Å². The van der Waals surface area contributed by atoms with Gasteiger partial charge in [0.15, 0.2) is 0 Å². The molecule has 1 aromatic heterocycles. The number of nitrogens with one attached hydrogen (secondary N) is 1. The van der Waals surface area contributed by atoms with Gasteiger partial charge in [-0.2, -0.15) is 0 Å². The molecule has 3 heteroatoms. The molecule has 1 heterocycles. The number of hydrogen-bond donors (Lipinski definition) is 1. The minimum atomic E-state index is -0.316. The van der Waals surface area contributed by atoms with Crippen LogP contribution >= 0.6 is 0 Å². The molecule has 1 aliphatic rings. The summed E-state index contributed by atoms with van der Waals surface area (Å²) in [5, 5.41) is 0. The number of rotatable bonds is 2. The summed E-state index contributed by atoms with van der Waals surface area (Å²) in [6, 6.07) is 0. The number of hydrogen-bond acceptors (Lipinski definition) is 2. The zero-order valence-corrected chi connectivity index (χ0v) is 10.9. The van der Waals surface area contributed by atoms with Crippen LogP contribution in [0.4, 0.5) is 0 Å². The van der Waals surface area contributed by atoms with Crippen molar-refractivity contribution in [1.82, 2.24) is 9.97 Å². The second-order valence-corrected chi connectivity index (χ2v) is 5.59. The Kier molecular flexibility index (Phi) is 2.82. The molecular formula is C13H22N2O. The van der Waals surface area contributed by atoms with Crippen molar-refractivity contribution in [1.29, 1.82) is 0 Å². The Morgan fingerprint density at radius 1 is 1.25 bits per heavy atom. The Labute approximate surface area is 97.6 Å². The smallest absolute Gasteiger partial charge is 0.138 e. The van der Waals surface area contributed by atoms with E-state index in [1.807, 2.05) is 13.8 Å². The van der Waals surface area contributed by atoms with Crippen LogP contribution in [0.3, 0.4) is 0 Å². The third-order valence-electron chi connectivity index (χ3n) is 3.96. The van der Waals surface area contributed by atoms with E-state index < -0.39 is 0 Å². The van der Waals surface area contributed by atoms with E-state index in [0.29, 0.717) is 0 Å². The molecular weight excluding hydrogens is 200 g/mol. The first-order valence-corrected chi connectivity index (χ1v) is 6.07. The number of nitrogens with zero attached hydrogens (tertiary/aromatic N) is 1. The Morgan fingerprint density at radius 2 is 1.88 bits per heavy atom. The van der Waals surface area contributed by atoms with Gasteiger partial charge in [0.05, 0.1) is 5.69 Å². The summed E-state index contributed by atoms with van der Waals surface area (Å²) < 4.78 is 5.46. The molecule has 0 amide bonds. The van der Waals surface area contributed by atoms with Gasteiger partial charge in [-0.3, -0.25) is 0 Å². The maximum absolute atomic E-state index is 5.46. The van der Waals surface area contributed by atoms with Crippen LogP contribution in [0.5, 0.6) is 0 Å². The molecule has 2 rings (SSSR count). The van der Waals surface area contributed by atoms with E-state index in [1.165, 1.54) is 11.4 Å². The summed E-state index contributed by atoms with van der Waals surface area (Å²) in [6.07, 6.45) is 2.20. The fraction of sp³-hybridized carbons (Fsp3) is 0.769. The monoisotopic (exact) mass is 222 g/mol. The van der Waals surface area contributed by atoms with Gasteiger partial charge in [0, 0.05) is 12.8 Å². The fourth-order valence-corrected chi connectivity index (χ4v) is 2.19. The average Bonchev–Trinajstić information content (AvgIpc) is 2.62. The highest BCUT2D eigenvalue weighted by Gasteiger charge is 2.29. The lowest BCUT2D eigenvalue weighted by molar-refractivity contribution is 0.0120. The zero-order valence-electron chi connectivity index (χ0n) is 10.9. The summed E-state index contributed by atoms with van der Waals surface area (Å²) in [6.45, 7) is 8.72. The van der Waals surface area contributed by atoms with E-state index >= 15 is 0 Å². The highest BCUT2D eigenvalue weighted by atomic mass is 16.5. The van der Waals surface area contributed by atoms with Crippen molar-refractivity contribution in [2.45, 2.75) is 46.1 Å². The molecule has 90 valence electrons. The predicted molar refractivity (Wildman–Crippen MR) is 64.4 cm³/mol. The number of ether oxygens (including phenoxy) is 1. The standard InChI is InChI=1S/C13H22N2O/c1-8-6-10-11(7-9(8)2)15-12(14-10)13(3,4)16-5/h8-9H,6-7H2,1-5H3,(H,14,15). The zero-order chi connectivity index (χ0) is 11.9. The Hall–Kier alpha value is -0.830. The average molecular weight is 222 g/mol. The largest absolute Gasteiger partial charge is 0.371 e. The number of H-pyrrole nitrogens is 1. The van der Waals surface area contributed by atoms with Crippen LogP contribution < -0.4 is 0 Å². The molecule has 16 heavy (non-hydrogen) atoms. The normalized spacial score (nSPS) is 25.6. The second-order valence-electron chi connectivity index (χ2n) is 5.59. The van der Waals surface area contributed by atoms with Gasteiger partial charge in [-0.15, -0.1) is 0 Å². The highest BCUT2D eigenvalue weighted by Crippen LogP contribution is 2.31. The third-order valence-corrected chi connectivity index (χ3v) is 3.96. The van der Waals surface area contributed by atoms with Crippen molar-refractivity contribution >= 4 is 0 Å². The molecule has 1 aliphatic carbocycles. The second kappa shape index (κ2) is 3.88. The van der Waals surface area contributed by atoms with E-state index in [4.69, 9.17) is 9.72 Å². The first-order valence-electron chi connectivity index (χ1n) is 6.07. The molecule has 0 aliphatic heterocycles. The first kappa shape index (κ1) is 11.6. The summed E-state index contributed by atoms with van der Waals surface area (Å²) >= 11 is 0. The van der Waals surface area contributed by atoms with Crippen LogP contribution in [0.1, 0.15) is 44.9 Å². The Bertz CT molecular complexity index is 354. The maximum Gasteiger partial charge on any atom is 0.138 e. The SMILES string of the molecule is COC(C)(C)c1nc2c([nH]1)CC(C)C(C)C2. The Balaban J connectivity index is 2.32. The number of imidazole rings is 1. The van der Waals surface area contributed by atoms with E-state index in [-0.39, 0.29) is 5.60 Å². The molecule has 0 aromatic carbocycles. The van der Waals surface area contributed by atoms with Crippen LogP contribution in [0.2, 0.25) is 0 Å². The number of aromatic amines is 1. The summed E-state index contributed by atoms with van der Waals surface area (Å²) in [5.41, 5.74) is 2.24. The quantitative estimate of drug-likeness (QED) is 0.835. The summed E-state index contributed by atoms with van der Waals surface area (Å²) in [7, 11) is 1.73. The van der Waals surface area contributed by atoms with Crippen LogP contribution in [0, 0.1) is 11.8 Å². The van der Waals surface area contributed by atoms with E-state index in [9.17, 15) is 0 Å². The van der Waals surface area contributed by atoms with Crippen LogP contribution in [0.25, 0.3) is 0 Å². The van der Waals surface area contributed by atoms with Crippen LogP contribution in [-0.2, 0) is 23.2 Å². The summed E-state index contributed by atoms with van der Waals surface area (Å²) in [5.74, 6) is 2.43. The van der Waals surface area contributed by atoms with Crippen molar-refractivity contribution < 1.29 is 4.74 Å². The number of fused-ring (bicyclic) bond motifs is 1. The van der Waals surface area contributed by atoms with Crippen molar-refractivity contribution in [3.8, 4) is 0 Å². The molecule has 0 radical (unpaired) electrons. The molecule has 1 aromatic rings. The Morgan fingerprint density at radius 3 is 2.50 bits per heavy atom. The molecule has 0 fully saturated rings. The third kappa shape index (κ3) is 1.88. The topological polar surface area (TPSA) is 37.9 Å². The van der Waals surface area contributed by atoms with Gasteiger partial charge in [0.1, 0.15) is 11.4 Å². The van der Waals surface area contributed by atoms with Crippen LogP contribution in [-0.4, -0.2) is 17.1 Å².